The lowest BCUT2D eigenvalue weighted by Crippen LogP contribution is -2.31. The van der Waals surface area contributed by atoms with Crippen LogP contribution in [-0.2, 0) is 16.4 Å². The van der Waals surface area contributed by atoms with Gasteiger partial charge in [0, 0.05) is 19.1 Å². The van der Waals surface area contributed by atoms with Crippen molar-refractivity contribution in [2.75, 3.05) is 19.6 Å². The summed E-state index contributed by atoms with van der Waals surface area (Å²) >= 11 is 0. The molecule has 21 heavy (non-hydrogen) atoms. The third-order valence-electron chi connectivity index (χ3n) is 3.35. The normalized spacial score (nSPS) is 12.3. The second-order valence-corrected chi connectivity index (χ2v) is 7.44. The summed E-state index contributed by atoms with van der Waals surface area (Å²) in [6.07, 6.45) is 1.73. The SMILES string of the molecule is CCCN(CC)S(=O)(=O)c1ccc(CCNC(C)C)cc1. The quantitative estimate of drug-likeness (QED) is 0.762. The minimum Gasteiger partial charge on any atom is -0.314 e. The van der Waals surface area contributed by atoms with Gasteiger partial charge in [0.2, 0.25) is 10.0 Å². The van der Waals surface area contributed by atoms with Gasteiger partial charge in [-0.25, -0.2) is 8.42 Å². The fourth-order valence-electron chi connectivity index (χ4n) is 2.18. The molecule has 0 aliphatic heterocycles. The molecule has 120 valence electrons. The van der Waals surface area contributed by atoms with Crippen molar-refractivity contribution in [1.82, 2.24) is 9.62 Å². The zero-order valence-corrected chi connectivity index (χ0v) is 14.4. The van der Waals surface area contributed by atoms with Crippen LogP contribution in [0.5, 0.6) is 0 Å². The summed E-state index contributed by atoms with van der Waals surface area (Å²) in [6, 6.07) is 7.73. The van der Waals surface area contributed by atoms with Gasteiger partial charge < -0.3 is 5.32 Å². The van der Waals surface area contributed by atoms with E-state index >= 15 is 0 Å². The summed E-state index contributed by atoms with van der Waals surface area (Å²) < 4.78 is 26.5. The summed E-state index contributed by atoms with van der Waals surface area (Å²) in [5.41, 5.74) is 1.15. The van der Waals surface area contributed by atoms with E-state index < -0.39 is 10.0 Å². The highest BCUT2D eigenvalue weighted by Crippen LogP contribution is 2.16. The Morgan fingerprint density at radius 3 is 2.24 bits per heavy atom. The molecule has 0 saturated heterocycles. The molecule has 5 heteroatoms. The molecule has 0 aliphatic carbocycles. The van der Waals surface area contributed by atoms with Crippen molar-refractivity contribution in [2.45, 2.75) is 51.5 Å². The zero-order chi connectivity index (χ0) is 15.9. The number of benzene rings is 1. The van der Waals surface area contributed by atoms with Gasteiger partial charge in [-0.1, -0.05) is 39.8 Å². The van der Waals surface area contributed by atoms with E-state index in [4.69, 9.17) is 0 Å². The van der Waals surface area contributed by atoms with Crippen molar-refractivity contribution in [1.29, 1.82) is 0 Å². The Balaban J connectivity index is 2.76. The molecule has 0 unspecified atom stereocenters. The van der Waals surface area contributed by atoms with Gasteiger partial charge in [0.05, 0.1) is 4.90 Å². The molecular weight excluding hydrogens is 284 g/mol. The molecule has 0 saturated carbocycles. The topological polar surface area (TPSA) is 49.4 Å². The van der Waals surface area contributed by atoms with Crippen LogP contribution in [0.2, 0.25) is 0 Å². The average molecular weight is 312 g/mol. The number of sulfonamides is 1. The molecule has 0 aliphatic rings. The van der Waals surface area contributed by atoms with Crippen LogP contribution < -0.4 is 5.32 Å². The highest BCUT2D eigenvalue weighted by atomic mass is 32.2. The van der Waals surface area contributed by atoms with Gasteiger partial charge >= 0.3 is 0 Å². The van der Waals surface area contributed by atoms with Crippen molar-refractivity contribution >= 4 is 10.0 Å². The predicted octanol–water partition coefficient (Wildman–Crippen LogP) is 2.65. The smallest absolute Gasteiger partial charge is 0.243 e. The van der Waals surface area contributed by atoms with Crippen LogP contribution >= 0.6 is 0 Å². The molecule has 1 N–H and O–H groups in total. The van der Waals surface area contributed by atoms with Gasteiger partial charge in [-0.15, -0.1) is 0 Å². The molecule has 0 radical (unpaired) electrons. The van der Waals surface area contributed by atoms with Crippen molar-refractivity contribution in [3.8, 4) is 0 Å². The summed E-state index contributed by atoms with van der Waals surface area (Å²) in [5, 5.41) is 3.36. The highest BCUT2D eigenvalue weighted by molar-refractivity contribution is 7.89. The first-order valence-corrected chi connectivity index (χ1v) is 9.18. The zero-order valence-electron chi connectivity index (χ0n) is 13.6. The van der Waals surface area contributed by atoms with Crippen molar-refractivity contribution in [2.24, 2.45) is 0 Å². The second-order valence-electron chi connectivity index (χ2n) is 5.50. The molecule has 1 aromatic rings. The third-order valence-corrected chi connectivity index (χ3v) is 5.34. The van der Waals surface area contributed by atoms with Crippen molar-refractivity contribution in [3.05, 3.63) is 29.8 Å². The lowest BCUT2D eigenvalue weighted by atomic mass is 10.1. The Morgan fingerprint density at radius 2 is 1.76 bits per heavy atom. The van der Waals surface area contributed by atoms with Gasteiger partial charge in [-0.05, 0) is 37.1 Å². The van der Waals surface area contributed by atoms with Gasteiger partial charge in [0.15, 0.2) is 0 Å². The molecule has 0 spiro atoms. The maximum Gasteiger partial charge on any atom is 0.243 e. The van der Waals surface area contributed by atoms with Crippen LogP contribution in [0.3, 0.4) is 0 Å². The first-order valence-electron chi connectivity index (χ1n) is 7.74. The standard InChI is InChI=1S/C16H28N2O2S/c1-5-13-18(6-2)21(19,20)16-9-7-15(8-10-16)11-12-17-14(3)4/h7-10,14,17H,5-6,11-13H2,1-4H3. The Bertz CT molecular complexity index is 510. The maximum atomic E-state index is 12.5. The van der Waals surface area contributed by atoms with E-state index in [1.807, 2.05) is 26.0 Å². The first kappa shape index (κ1) is 18.1. The van der Waals surface area contributed by atoms with Crippen molar-refractivity contribution in [3.63, 3.8) is 0 Å². The van der Waals surface area contributed by atoms with E-state index in [-0.39, 0.29) is 0 Å². The fraction of sp³-hybridized carbons (Fsp3) is 0.625. The van der Waals surface area contributed by atoms with Crippen LogP contribution in [0, 0.1) is 0 Å². The largest absolute Gasteiger partial charge is 0.314 e. The van der Waals surface area contributed by atoms with Gasteiger partial charge in [-0.3, -0.25) is 0 Å². The summed E-state index contributed by atoms with van der Waals surface area (Å²) in [5.74, 6) is 0. The first-order chi connectivity index (χ1) is 9.91. The molecule has 1 aromatic carbocycles. The molecule has 0 heterocycles. The number of nitrogens with zero attached hydrogens (tertiary/aromatic N) is 1. The van der Waals surface area contributed by atoms with Gasteiger partial charge in [0.25, 0.3) is 0 Å². The Morgan fingerprint density at radius 1 is 1.14 bits per heavy atom. The molecule has 0 fully saturated rings. The third kappa shape index (κ3) is 5.41. The van der Waals surface area contributed by atoms with E-state index in [1.54, 1.807) is 12.1 Å². The van der Waals surface area contributed by atoms with Crippen LogP contribution in [0.4, 0.5) is 0 Å². The maximum absolute atomic E-state index is 12.5. The minimum absolute atomic E-state index is 0.387. The van der Waals surface area contributed by atoms with E-state index in [1.165, 1.54) is 4.31 Å². The minimum atomic E-state index is -3.35. The van der Waals surface area contributed by atoms with E-state index in [9.17, 15) is 8.42 Å². The number of hydrogen-bond donors (Lipinski definition) is 1. The van der Waals surface area contributed by atoms with E-state index in [2.05, 4.69) is 19.2 Å². The lowest BCUT2D eigenvalue weighted by Gasteiger charge is -2.19. The monoisotopic (exact) mass is 312 g/mol. The molecule has 0 atom stereocenters. The number of rotatable bonds is 9. The molecule has 0 aromatic heterocycles. The Hall–Kier alpha value is -0.910. The molecule has 0 amide bonds. The molecule has 4 nitrogen and oxygen atoms in total. The van der Waals surface area contributed by atoms with Crippen LogP contribution in [-0.4, -0.2) is 38.4 Å². The summed E-state index contributed by atoms with van der Waals surface area (Å²) in [4.78, 5) is 0.387. The second kappa shape index (κ2) is 8.51. The Kier molecular flexibility index (Phi) is 7.35. The summed E-state index contributed by atoms with van der Waals surface area (Å²) in [7, 11) is -3.35. The van der Waals surface area contributed by atoms with Crippen LogP contribution in [0.25, 0.3) is 0 Å². The van der Waals surface area contributed by atoms with E-state index in [0.717, 1.165) is 24.9 Å². The molecular formula is C16H28N2O2S. The van der Waals surface area contributed by atoms with Crippen LogP contribution in [0.15, 0.2) is 29.2 Å². The van der Waals surface area contributed by atoms with Crippen LogP contribution in [0.1, 0.15) is 39.7 Å². The van der Waals surface area contributed by atoms with E-state index in [0.29, 0.717) is 24.0 Å². The molecule has 1 rings (SSSR count). The fourth-order valence-corrected chi connectivity index (χ4v) is 3.72. The number of nitrogens with one attached hydrogen (secondary N) is 1. The summed E-state index contributed by atoms with van der Waals surface area (Å²) in [6.45, 7) is 10.1. The van der Waals surface area contributed by atoms with Crippen molar-refractivity contribution < 1.29 is 8.42 Å². The van der Waals surface area contributed by atoms with Gasteiger partial charge in [-0.2, -0.15) is 4.31 Å². The lowest BCUT2D eigenvalue weighted by molar-refractivity contribution is 0.427. The highest BCUT2D eigenvalue weighted by Gasteiger charge is 2.21. The number of hydrogen-bond acceptors (Lipinski definition) is 3. The Labute approximate surface area is 129 Å². The average Bonchev–Trinajstić information content (AvgIpc) is 2.44. The predicted molar refractivity (Wildman–Crippen MR) is 88.0 cm³/mol. The van der Waals surface area contributed by atoms with Gasteiger partial charge in [0.1, 0.15) is 0 Å². The molecule has 0 bridgehead atoms.